The Morgan fingerprint density at radius 1 is 1.47 bits per heavy atom. The maximum absolute atomic E-state index is 11.5. The van der Waals surface area contributed by atoms with Crippen molar-refractivity contribution in [2.45, 2.75) is 31.6 Å². The van der Waals surface area contributed by atoms with E-state index in [1.165, 1.54) is 7.11 Å². The van der Waals surface area contributed by atoms with Crippen LogP contribution in [0.3, 0.4) is 0 Å². The van der Waals surface area contributed by atoms with Crippen molar-refractivity contribution in [1.82, 2.24) is 0 Å². The van der Waals surface area contributed by atoms with Crippen LogP contribution in [0.5, 0.6) is 5.75 Å². The van der Waals surface area contributed by atoms with Gasteiger partial charge in [0.25, 0.3) is 0 Å². The molecule has 1 aliphatic carbocycles. The molecule has 1 fully saturated rings. The molecule has 0 aromatic heterocycles. The number of aryl methyl sites for hydroxylation is 1. The third kappa shape index (κ3) is 1.69. The lowest BCUT2D eigenvalue weighted by atomic mass is 9.64. The summed E-state index contributed by atoms with van der Waals surface area (Å²) in [6.45, 7) is 1.88. The maximum Gasteiger partial charge on any atom is 0.314 e. The number of benzene rings is 1. The van der Waals surface area contributed by atoms with Gasteiger partial charge in [-0.1, -0.05) is 30.2 Å². The van der Waals surface area contributed by atoms with E-state index in [1.807, 2.05) is 19.1 Å². The van der Waals surface area contributed by atoms with Crippen molar-refractivity contribution in [3.05, 3.63) is 28.3 Å². The van der Waals surface area contributed by atoms with Gasteiger partial charge in [-0.3, -0.25) is 4.79 Å². The van der Waals surface area contributed by atoms with Crippen molar-refractivity contribution >= 4 is 17.6 Å². The number of halogens is 1. The zero-order valence-corrected chi connectivity index (χ0v) is 10.7. The number of ether oxygens (including phenoxy) is 1. The van der Waals surface area contributed by atoms with Crippen molar-refractivity contribution in [3.8, 4) is 5.75 Å². The SMILES string of the molecule is COc1c(C2(C(=O)O)CCC2)ccc(C)c1Cl. The number of rotatable bonds is 3. The van der Waals surface area contributed by atoms with Crippen LogP contribution in [0.1, 0.15) is 30.4 Å². The Balaban J connectivity index is 2.59. The quantitative estimate of drug-likeness (QED) is 0.901. The molecule has 1 aromatic carbocycles. The second-order valence-electron chi connectivity index (χ2n) is 4.52. The lowest BCUT2D eigenvalue weighted by molar-refractivity contribution is -0.147. The first-order chi connectivity index (χ1) is 8.03. The van der Waals surface area contributed by atoms with Gasteiger partial charge in [-0.25, -0.2) is 0 Å². The number of hydrogen-bond donors (Lipinski definition) is 1. The van der Waals surface area contributed by atoms with E-state index in [2.05, 4.69) is 0 Å². The van der Waals surface area contributed by atoms with E-state index in [1.54, 1.807) is 0 Å². The predicted octanol–water partition coefficient (Wildman–Crippen LogP) is 3.16. The molecule has 1 N–H and O–H groups in total. The number of methoxy groups -OCH3 is 1. The highest BCUT2D eigenvalue weighted by molar-refractivity contribution is 6.33. The van der Waals surface area contributed by atoms with Gasteiger partial charge in [0, 0.05) is 5.56 Å². The second kappa shape index (κ2) is 4.22. The average Bonchev–Trinajstić information content (AvgIpc) is 2.21. The molecule has 1 saturated carbocycles. The molecule has 0 radical (unpaired) electrons. The van der Waals surface area contributed by atoms with Gasteiger partial charge >= 0.3 is 5.97 Å². The lowest BCUT2D eigenvalue weighted by Crippen LogP contribution is -2.42. The zero-order chi connectivity index (χ0) is 12.6. The molecular formula is C13H15ClO3. The maximum atomic E-state index is 11.5. The molecule has 0 atom stereocenters. The minimum absolute atomic E-state index is 0.508. The van der Waals surface area contributed by atoms with Gasteiger partial charge in [-0.2, -0.15) is 0 Å². The van der Waals surface area contributed by atoms with E-state index in [0.717, 1.165) is 12.0 Å². The molecule has 0 spiro atoms. The third-order valence-corrected chi connectivity index (χ3v) is 4.10. The fraction of sp³-hybridized carbons (Fsp3) is 0.462. The van der Waals surface area contributed by atoms with E-state index in [-0.39, 0.29) is 0 Å². The average molecular weight is 255 g/mol. The van der Waals surface area contributed by atoms with Gasteiger partial charge in [-0.15, -0.1) is 0 Å². The van der Waals surface area contributed by atoms with Gasteiger partial charge in [-0.05, 0) is 25.3 Å². The van der Waals surface area contributed by atoms with E-state index >= 15 is 0 Å². The summed E-state index contributed by atoms with van der Waals surface area (Å²) in [6.07, 6.45) is 2.23. The molecule has 1 aromatic rings. The predicted molar refractivity (Wildman–Crippen MR) is 65.9 cm³/mol. The molecule has 4 heteroatoms. The normalized spacial score (nSPS) is 17.4. The summed E-state index contributed by atoms with van der Waals surface area (Å²) in [7, 11) is 1.53. The van der Waals surface area contributed by atoms with Crippen molar-refractivity contribution < 1.29 is 14.6 Å². The summed E-state index contributed by atoms with van der Waals surface area (Å²) in [5.41, 5.74) is 0.796. The Morgan fingerprint density at radius 2 is 2.12 bits per heavy atom. The smallest absolute Gasteiger partial charge is 0.314 e. The van der Waals surface area contributed by atoms with E-state index in [4.69, 9.17) is 16.3 Å². The first-order valence-electron chi connectivity index (χ1n) is 5.60. The number of aliphatic carboxylic acids is 1. The minimum atomic E-state index is -0.803. The van der Waals surface area contributed by atoms with Crippen molar-refractivity contribution in [2.75, 3.05) is 7.11 Å². The fourth-order valence-corrected chi connectivity index (χ4v) is 2.60. The van der Waals surface area contributed by atoms with Crippen LogP contribution in [-0.2, 0) is 10.2 Å². The van der Waals surface area contributed by atoms with Crippen LogP contribution in [0.15, 0.2) is 12.1 Å². The molecule has 1 aliphatic rings. The number of carboxylic acid groups (broad SMARTS) is 1. The topological polar surface area (TPSA) is 46.5 Å². The van der Waals surface area contributed by atoms with E-state index < -0.39 is 11.4 Å². The summed E-state index contributed by atoms with van der Waals surface area (Å²) in [5, 5.41) is 9.93. The lowest BCUT2D eigenvalue weighted by Gasteiger charge is -2.39. The van der Waals surface area contributed by atoms with Crippen LogP contribution in [0.25, 0.3) is 0 Å². The van der Waals surface area contributed by atoms with Crippen molar-refractivity contribution in [3.63, 3.8) is 0 Å². The largest absolute Gasteiger partial charge is 0.495 e. The van der Waals surface area contributed by atoms with Gasteiger partial charge in [0.2, 0.25) is 0 Å². The van der Waals surface area contributed by atoms with Crippen molar-refractivity contribution in [2.24, 2.45) is 0 Å². The Hall–Kier alpha value is -1.22. The van der Waals surface area contributed by atoms with Gasteiger partial charge in [0.1, 0.15) is 5.75 Å². The number of carboxylic acids is 1. The summed E-state index contributed by atoms with van der Waals surface area (Å²) in [5.74, 6) is -0.282. The van der Waals surface area contributed by atoms with Crippen LogP contribution in [-0.4, -0.2) is 18.2 Å². The van der Waals surface area contributed by atoms with Crippen LogP contribution in [0.2, 0.25) is 5.02 Å². The molecule has 3 nitrogen and oxygen atoms in total. The Kier molecular flexibility index (Phi) is 3.04. The third-order valence-electron chi connectivity index (χ3n) is 3.63. The number of carbonyl (C=O) groups is 1. The molecule has 0 unspecified atom stereocenters. The summed E-state index contributed by atoms with van der Waals surface area (Å²) in [6, 6.07) is 3.68. The molecule has 0 heterocycles. The molecule has 2 rings (SSSR count). The van der Waals surface area contributed by atoms with Crippen molar-refractivity contribution in [1.29, 1.82) is 0 Å². The second-order valence-corrected chi connectivity index (χ2v) is 4.90. The minimum Gasteiger partial charge on any atom is -0.495 e. The highest BCUT2D eigenvalue weighted by Gasteiger charge is 2.48. The molecule has 0 saturated heterocycles. The first kappa shape index (κ1) is 12.2. The molecule has 17 heavy (non-hydrogen) atoms. The van der Waals surface area contributed by atoms with Crippen LogP contribution < -0.4 is 4.74 Å². The standard InChI is InChI=1S/C13H15ClO3/c1-8-4-5-9(11(17-2)10(8)14)13(12(15)16)6-3-7-13/h4-5H,3,6-7H2,1-2H3,(H,15,16). The van der Waals surface area contributed by atoms with Crippen LogP contribution >= 0.6 is 11.6 Å². The van der Waals surface area contributed by atoms with Crippen LogP contribution in [0, 0.1) is 6.92 Å². The van der Waals surface area contributed by atoms with E-state index in [0.29, 0.717) is 29.2 Å². The zero-order valence-electron chi connectivity index (χ0n) is 9.92. The molecule has 0 aliphatic heterocycles. The summed E-state index contributed by atoms with van der Waals surface area (Å²) >= 11 is 6.17. The summed E-state index contributed by atoms with van der Waals surface area (Å²) < 4.78 is 5.29. The van der Waals surface area contributed by atoms with Gasteiger partial charge in [0.05, 0.1) is 17.5 Å². The monoisotopic (exact) mass is 254 g/mol. The number of hydrogen-bond acceptors (Lipinski definition) is 2. The fourth-order valence-electron chi connectivity index (χ4n) is 2.36. The first-order valence-corrected chi connectivity index (χ1v) is 5.97. The molecule has 0 bridgehead atoms. The molecule has 0 amide bonds. The van der Waals surface area contributed by atoms with Gasteiger partial charge in [0.15, 0.2) is 0 Å². The Labute approximate surface area is 105 Å². The van der Waals surface area contributed by atoms with Gasteiger partial charge < -0.3 is 9.84 Å². The highest BCUT2D eigenvalue weighted by atomic mass is 35.5. The summed E-state index contributed by atoms with van der Waals surface area (Å²) in [4.78, 5) is 11.5. The van der Waals surface area contributed by atoms with E-state index in [9.17, 15) is 9.90 Å². The highest BCUT2D eigenvalue weighted by Crippen LogP contribution is 2.49. The molecular weight excluding hydrogens is 240 g/mol. The van der Waals surface area contributed by atoms with Crippen LogP contribution in [0.4, 0.5) is 0 Å². The molecule has 92 valence electrons. The Bertz CT molecular complexity index is 464. The Morgan fingerprint density at radius 3 is 2.53 bits per heavy atom.